The summed E-state index contributed by atoms with van der Waals surface area (Å²) in [4.78, 5) is 34.3. The first kappa shape index (κ1) is 22.7. The Hall–Kier alpha value is -3.57. The number of carbonyl (C=O) groups excluding carboxylic acids is 2. The monoisotopic (exact) mass is 432 g/mol. The maximum atomic E-state index is 12.2. The molecule has 0 bridgehead atoms. The predicted molar refractivity (Wildman–Crippen MR) is 112 cm³/mol. The molecular weight excluding hydrogens is 412 g/mol. The van der Waals surface area contributed by atoms with Crippen LogP contribution in [0.25, 0.3) is 0 Å². The number of carbonyl (C=O) groups is 2. The Bertz CT molecular complexity index is 902. The number of nitrogens with zero attached hydrogens (tertiary/aromatic N) is 1. The van der Waals surface area contributed by atoms with Crippen LogP contribution < -0.4 is 20.9 Å². The van der Waals surface area contributed by atoms with Crippen molar-refractivity contribution in [3.63, 3.8) is 0 Å². The fraction of sp³-hybridized carbons (Fsp3) is 0.211. The Morgan fingerprint density at radius 3 is 2.17 bits per heavy atom. The van der Waals surface area contributed by atoms with Crippen molar-refractivity contribution in [2.24, 2.45) is 0 Å². The number of hydrogen-bond donors (Lipinski definition) is 3. The molecule has 0 saturated carbocycles. The number of ether oxygens (including phenoxy) is 2. The van der Waals surface area contributed by atoms with Gasteiger partial charge in [0.15, 0.2) is 5.11 Å². The van der Waals surface area contributed by atoms with E-state index in [0.29, 0.717) is 31.1 Å². The number of non-ortho nitro benzene ring substituents is 1. The lowest BCUT2D eigenvalue weighted by atomic mass is 10.2. The lowest BCUT2D eigenvalue weighted by molar-refractivity contribution is -0.384. The first-order valence-electron chi connectivity index (χ1n) is 8.87. The van der Waals surface area contributed by atoms with Crippen LogP contribution in [0.15, 0.2) is 48.5 Å². The molecule has 2 rings (SSSR count). The molecule has 11 heteroatoms. The Kier molecular flexibility index (Phi) is 8.66. The fourth-order valence-corrected chi connectivity index (χ4v) is 2.34. The summed E-state index contributed by atoms with van der Waals surface area (Å²) >= 11 is 4.98. The van der Waals surface area contributed by atoms with E-state index in [2.05, 4.69) is 16.2 Å². The van der Waals surface area contributed by atoms with Crippen LogP contribution in [-0.2, 0) is 4.74 Å². The number of hydrazine groups is 1. The van der Waals surface area contributed by atoms with Crippen LogP contribution in [-0.4, -0.2) is 41.7 Å². The average molecular weight is 432 g/mol. The molecule has 0 radical (unpaired) electrons. The van der Waals surface area contributed by atoms with Crippen molar-refractivity contribution in [3.05, 3.63) is 69.8 Å². The zero-order chi connectivity index (χ0) is 21.9. The van der Waals surface area contributed by atoms with Gasteiger partial charge in [-0.1, -0.05) is 0 Å². The molecule has 0 atom stereocenters. The maximum Gasteiger partial charge on any atom is 0.269 e. The minimum atomic E-state index is -0.574. The van der Waals surface area contributed by atoms with Crippen molar-refractivity contribution < 1.29 is 24.0 Å². The zero-order valence-electron chi connectivity index (χ0n) is 16.0. The topological polar surface area (TPSA) is 132 Å². The van der Waals surface area contributed by atoms with Gasteiger partial charge in [-0.15, -0.1) is 0 Å². The Labute approximate surface area is 177 Å². The Morgan fingerprint density at radius 2 is 1.57 bits per heavy atom. The fourth-order valence-electron chi connectivity index (χ4n) is 2.19. The highest BCUT2D eigenvalue weighted by molar-refractivity contribution is 7.80. The van der Waals surface area contributed by atoms with E-state index >= 15 is 0 Å². The molecule has 0 heterocycles. The van der Waals surface area contributed by atoms with E-state index in [0.717, 1.165) is 0 Å². The SMILES string of the molecule is CCOCCOc1ccc(C(=O)NC(=S)NNC(=O)c2ccc([N+](=O)[O-])cc2)cc1. The lowest BCUT2D eigenvalue weighted by Gasteiger charge is -2.11. The average Bonchev–Trinajstić information content (AvgIpc) is 2.75. The van der Waals surface area contributed by atoms with Crippen LogP contribution in [0.2, 0.25) is 0 Å². The van der Waals surface area contributed by atoms with Crippen LogP contribution in [0, 0.1) is 10.1 Å². The normalized spacial score (nSPS) is 10.0. The largest absolute Gasteiger partial charge is 0.491 e. The van der Waals surface area contributed by atoms with Gasteiger partial charge in [0.05, 0.1) is 11.5 Å². The summed E-state index contributed by atoms with van der Waals surface area (Å²) in [5.41, 5.74) is 5.09. The quantitative estimate of drug-likeness (QED) is 0.250. The van der Waals surface area contributed by atoms with E-state index < -0.39 is 16.7 Å². The van der Waals surface area contributed by atoms with E-state index in [1.54, 1.807) is 24.3 Å². The second-order valence-corrected chi connectivity index (χ2v) is 6.14. The maximum absolute atomic E-state index is 12.2. The summed E-state index contributed by atoms with van der Waals surface area (Å²) in [6.07, 6.45) is 0. The third-order valence-electron chi connectivity index (χ3n) is 3.67. The van der Waals surface area contributed by atoms with Crippen molar-refractivity contribution in [2.75, 3.05) is 19.8 Å². The molecule has 0 saturated heterocycles. The van der Waals surface area contributed by atoms with Crippen molar-refractivity contribution in [3.8, 4) is 5.75 Å². The molecule has 0 aliphatic carbocycles. The van der Waals surface area contributed by atoms with Crippen LogP contribution in [0.4, 0.5) is 5.69 Å². The van der Waals surface area contributed by atoms with Crippen LogP contribution in [0.3, 0.4) is 0 Å². The molecule has 0 fully saturated rings. The predicted octanol–water partition coefficient (Wildman–Crippen LogP) is 1.96. The smallest absolute Gasteiger partial charge is 0.269 e. The molecule has 0 aliphatic rings. The minimum absolute atomic E-state index is 0.118. The van der Waals surface area contributed by atoms with E-state index in [9.17, 15) is 19.7 Å². The van der Waals surface area contributed by atoms with Gasteiger partial charge in [-0.05, 0) is 55.5 Å². The molecular formula is C19H20N4O6S. The van der Waals surface area contributed by atoms with Crippen molar-refractivity contribution in [1.82, 2.24) is 16.2 Å². The number of nitrogens with one attached hydrogen (secondary N) is 3. The molecule has 10 nitrogen and oxygen atoms in total. The molecule has 158 valence electrons. The van der Waals surface area contributed by atoms with Gasteiger partial charge in [-0.25, -0.2) is 0 Å². The highest BCUT2D eigenvalue weighted by atomic mass is 32.1. The van der Waals surface area contributed by atoms with E-state index in [1.807, 2.05) is 6.92 Å². The zero-order valence-corrected chi connectivity index (χ0v) is 16.9. The van der Waals surface area contributed by atoms with Gasteiger partial charge >= 0.3 is 0 Å². The van der Waals surface area contributed by atoms with Gasteiger partial charge in [-0.3, -0.25) is 35.9 Å². The van der Waals surface area contributed by atoms with Gasteiger partial charge in [0, 0.05) is 29.9 Å². The second kappa shape index (κ2) is 11.4. The van der Waals surface area contributed by atoms with Gasteiger partial charge in [0.25, 0.3) is 17.5 Å². The lowest BCUT2D eigenvalue weighted by Crippen LogP contribution is -2.48. The summed E-state index contributed by atoms with van der Waals surface area (Å²) < 4.78 is 10.6. The van der Waals surface area contributed by atoms with E-state index in [-0.39, 0.29) is 16.4 Å². The number of nitro groups is 1. The van der Waals surface area contributed by atoms with Crippen molar-refractivity contribution >= 4 is 34.8 Å². The molecule has 2 aromatic rings. The molecule has 0 aliphatic heterocycles. The molecule has 2 amide bonds. The van der Waals surface area contributed by atoms with Gasteiger partial charge in [0.2, 0.25) is 0 Å². The van der Waals surface area contributed by atoms with Crippen LogP contribution >= 0.6 is 12.2 Å². The second-order valence-electron chi connectivity index (χ2n) is 5.74. The number of amides is 2. The van der Waals surface area contributed by atoms with E-state index in [4.69, 9.17) is 21.7 Å². The minimum Gasteiger partial charge on any atom is -0.491 e. The Balaban J connectivity index is 1.79. The Morgan fingerprint density at radius 1 is 0.967 bits per heavy atom. The number of thiocarbonyl (C=S) groups is 1. The highest BCUT2D eigenvalue weighted by Crippen LogP contribution is 2.12. The first-order chi connectivity index (χ1) is 14.4. The molecule has 3 N–H and O–H groups in total. The molecule has 2 aromatic carbocycles. The number of rotatable bonds is 8. The number of hydrogen-bond acceptors (Lipinski definition) is 7. The van der Waals surface area contributed by atoms with Crippen molar-refractivity contribution in [1.29, 1.82) is 0 Å². The summed E-state index contributed by atoms with van der Waals surface area (Å²) in [5, 5.41) is 12.9. The molecule has 0 spiro atoms. The summed E-state index contributed by atoms with van der Waals surface area (Å²) in [7, 11) is 0. The third-order valence-corrected chi connectivity index (χ3v) is 3.88. The van der Waals surface area contributed by atoms with Crippen LogP contribution in [0.5, 0.6) is 5.75 Å². The van der Waals surface area contributed by atoms with Gasteiger partial charge in [-0.2, -0.15) is 0 Å². The molecule has 30 heavy (non-hydrogen) atoms. The number of nitro benzene ring substituents is 1. The summed E-state index contributed by atoms with van der Waals surface area (Å²) in [6, 6.07) is 11.5. The third kappa shape index (κ3) is 7.11. The molecule has 0 unspecified atom stereocenters. The highest BCUT2D eigenvalue weighted by Gasteiger charge is 2.11. The van der Waals surface area contributed by atoms with Crippen LogP contribution in [0.1, 0.15) is 27.6 Å². The summed E-state index contributed by atoms with van der Waals surface area (Å²) in [5.74, 6) is -0.449. The molecule has 0 aromatic heterocycles. The van der Waals surface area contributed by atoms with E-state index in [1.165, 1.54) is 24.3 Å². The summed E-state index contributed by atoms with van der Waals surface area (Å²) in [6.45, 7) is 3.39. The van der Waals surface area contributed by atoms with Gasteiger partial charge in [0.1, 0.15) is 12.4 Å². The van der Waals surface area contributed by atoms with Crippen molar-refractivity contribution in [2.45, 2.75) is 6.92 Å². The first-order valence-corrected chi connectivity index (χ1v) is 9.28. The van der Waals surface area contributed by atoms with Gasteiger partial charge < -0.3 is 9.47 Å². The number of benzene rings is 2. The standard InChI is InChI=1S/C19H20N4O6S/c1-2-28-11-12-29-16-9-5-13(6-10-16)17(24)20-19(30)22-21-18(25)14-3-7-15(8-4-14)23(26)27/h3-10H,2,11-12H2,1H3,(H,21,25)(H2,20,22,24,30).